The van der Waals surface area contributed by atoms with Crippen molar-refractivity contribution in [3.05, 3.63) is 33.9 Å². The number of aryl methyl sites for hydroxylation is 1. The van der Waals surface area contributed by atoms with Gasteiger partial charge in [-0.05, 0) is 37.3 Å². The van der Waals surface area contributed by atoms with Gasteiger partial charge in [0.15, 0.2) is 0 Å². The maximum atomic E-state index is 10.9. The Bertz CT molecular complexity index is 430. The second-order valence-corrected chi connectivity index (χ2v) is 4.66. The van der Waals surface area contributed by atoms with Gasteiger partial charge in [-0.1, -0.05) is 6.07 Å². The minimum atomic E-state index is -0.371. The fourth-order valence-electron chi connectivity index (χ4n) is 1.87. The van der Waals surface area contributed by atoms with Crippen LogP contribution in [0.2, 0.25) is 0 Å². The third kappa shape index (κ3) is 2.94. The zero-order chi connectivity index (χ0) is 12.4. The van der Waals surface area contributed by atoms with Crippen LogP contribution in [0.4, 0.5) is 11.4 Å². The van der Waals surface area contributed by atoms with Crippen LogP contribution in [0.15, 0.2) is 18.2 Å². The molecule has 3 N–H and O–H groups in total. The largest absolute Gasteiger partial charge is 0.378 e. The van der Waals surface area contributed by atoms with Gasteiger partial charge in [0, 0.05) is 18.7 Å². The van der Waals surface area contributed by atoms with Crippen molar-refractivity contribution >= 4 is 11.4 Å². The summed E-state index contributed by atoms with van der Waals surface area (Å²) in [5.41, 5.74) is 7.63. The lowest BCUT2D eigenvalue weighted by Gasteiger charge is -2.13. The summed E-state index contributed by atoms with van der Waals surface area (Å²) in [4.78, 5) is 10.5. The molecule has 2 rings (SSSR count). The van der Waals surface area contributed by atoms with Crippen LogP contribution < -0.4 is 11.1 Å². The van der Waals surface area contributed by atoms with Crippen LogP contribution in [0.1, 0.15) is 18.4 Å². The molecular formula is C12H17N3O2. The maximum Gasteiger partial charge on any atom is 0.292 e. The van der Waals surface area contributed by atoms with Gasteiger partial charge >= 0.3 is 0 Å². The number of anilines is 1. The Morgan fingerprint density at radius 2 is 2.29 bits per heavy atom. The molecule has 1 atom stereocenters. The zero-order valence-corrected chi connectivity index (χ0v) is 9.85. The van der Waals surface area contributed by atoms with Gasteiger partial charge in [0.25, 0.3) is 5.69 Å². The third-order valence-corrected chi connectivity index (χ3v) is 3.10. The summed E-state index contributed by atoms with van der Waals surface area (Å²) in [5, 5.41) is 13.9. The van der Waals surface area contributed by atoms with Crippen molar-refractivity contribution in [3.8, 4) is 0 Å². The molecule has 1 saturated carbocycles. The van der Waals surface area contributed by atoms with Crippen LogP contribution in [0.5, 0.6) is 0 Å². The van der Waals surface area contributed by atoms with Gasteiger partial charge in [-0.25, -0.2) is 0 Å². The Balaban J connectivity index is 2.07. The molecule has 0 amide bonds. The van der Waals surface area contributed by atoms with Crippen molar-refractivity contribution in [3.63, 3.8) is 0 Å². The second-order valence-electron chi connectivity index (χ2n) is 4.66. The molecule has 0 radical (unpaired) electrons. The Morgan fingerprint density at radius 1 is 1.59 bits per heavy atom. The highest BCUT2D eigenvalue weighted by molar-refractivity contribution is 5.62. The number of hydrogen-bond donors (Lipinski definition) is 2. The summed E-state index contributed by atoms with van der Waals surface area (Å²) < 4.78 is 0. The number of hydrogen-bond acceptors (Lipinski definition) is 4. The van der Waals surface area contributed by atoms with E-state index >= 15 is 0 Å². The van der Waals surface area contributed by atoms with Crippen LogP contribution in [-0.4, -0.2) is 17.5 Å². The van der Waals surface area contributed by atoms with E-state index in [1.165, 1.54) is 18.9 Å². The normalized spacial score (nSPS) is 16.6. The van der Waals surface area contributed by atoms with Crippen molar-refractivity contribution in [1.82, 2.24) is 0 Å². The first kappa shape index (κ1) is 11.9. The molecule has 0 aromatic heterocycles. The number of nitro benzene ring substituents is 1. The number of nitrogens with zero attached hydrogens (tertiary/aromatic N) is 1. The number of rotatable bonds is 5. The van der Waals surface area contributed by atoms with Gasteiger partial charge in [-0.3, -0.25) is 10.1 Å². The fraction of sp³-hybridized carbons (Fsp3) is 0.500. The number of nitro groups is 1. The molecule has 0 bridgehead atoms. The van der Waals surface area contributed by atoms with E-state index in [4.69, 9.17) is 5.73 Å². The molecule has 92 valence electrons. The highest BCUT2D eigenvalue weighted by Gasteiger charge is 2.28. The molecule has 5 nitrogen and oxygen atoms in total. The van der Waals surface area contributed by atoms with Crippen molar-refractivity contribution in [2.24, 2.45) is 11.7 Å². The van der Waals surface area contributed by atoms with Crippen molar-refractivity contribution in [1.29, 1.82) is 0 Å². The summed E-state index contributed by atoms with van der Waals surface area (Å²) in [5.74, 6) is 0.589. The smallest absolute Gasteiger partial charge is 0.292 e. The van der Waals surface area contributed by atoms with E-state index in [2.05, 4.69) is 5.32 Å². The van der Waals surface area contributed by atoms with Crippen molar-refractivity contribution < 1.29 is 4.92 Å². The molecule has 1 aliphatic carbocycles. The first-order valence-electron chi connectivity index (χ1n) is 5.82. The monoisotopic (exact) mass is 235 g/mol. The van der Waals surface area contributed by atoms with Crippen molar-refractivity contribution in [2.75, 3.05) is 11.9 Å². The van der Waals surface area contributed by atoms with Gasteiger partial charge in [-0.15, -0.1) is 0 Å². The summed E-state index contributed by atoms with van der Waals surface area (Å²) in [6.45, 7) is 2.50. The first-order valence-corrected chi connectivity index (χ1v) is 5.82. The number of nitrogens with two attached hydrogens (primary N) is 1. The molecule has 17 heavy (non-hydrogen) atoms. The summed E-state index contributed by atoms with van der Waals surface area (Å²) in [7, 11) is 0. The van der Waals surface area contributed by atoms with E-state index in [0.717, 1.165) is 5.56 Å². The van der Waals surface area contributed by atoms with Gasteiger partial charge in [0.1, 0.15) is 5.69 Å². The van der Waals surface area contributed by atoms with Gasteiger partial charge in [-0.2, -0.15) is 0 Å². The molecule has 0 saturated heterocycles. The lowest BCUT2D eigenvalue weighted by molar-refractivity contribution is -0.384. The first-order chi connectivity index (χ1) is 8.08. The quantitative estimate of drug-likeness (QED) is 0.604. The maximum absolute atomic E-state index is 10.9. The lowest BCUT2D eigenvalue weighted by Crippen LogP contribution is -2.31. The Kier molecular flexibility index (Phi) is 3.28. The van der Waals surface area contributed by atoms with Gasteiger partial charge in [0.05, 0.1) is 4.92 Å². The van der Waals surface area contributed by atoms with E-state index < -0.39 is 0 Å². The molecular weight excluding hydrogens is 218 g/mol. The Hall–Kier alpha value is -1.62. The summed E-state index contributed by atoms with van der Waals surface area (Å²) >= 11 is 0. The SMILES string of the molecule is Cc1ccc([N+](=O)[O-])c(NCC(N)C2CC2)c1. The molecule has 1 aromatic rings. The minimum absolute atomic E-state index is 0.0927. The predicted molar refractivity (Wildman–Crippen MR) is 67.0 cm³/mol. The lowest BCUT2D eigenvalue weighted by atomic mass is 10.1. The molecule has 1 aromatic carbocycles. The van der Waals surface area contributed by atoms with E-state index in [1.54, 1.807) is 12.1 Å². The van der Waals surface area contributed by atoms with E-state index in [1.807, 2.05) is 6.92 Å². The highest BCUT2D eigenvalue weighted by Crippen LogP contribution is 2.32. The van der Waals surface area contributed by atoms with Crippen LogP contribution in [0.25, 0.3) is 0 Å². The van der Waals surface area contributed by atoms with Gasteiger partial charge in [0.2, 0.25) is 0 Å². The van der Waals surface area contributed by atoms with Crippen LogP contribution in [-0.2, 0) is 0 Å². The van der Waals surface area contributed by atoms with E-state index in [0.29, 0.717) is 18.2 Å². The van der Waals surface area contributed by atoms with Crippen LogP contribution in [0.3, 0.4) is 0 Å². The topological polar surface area (TPSA) is 81.2 Å². The van der Waals surface area contributed by atoms with Crippen LogP contribution >= 0.6 is 0 Å². The third-order valence-electron chi connectivity index (χ3n) is 3.10. The van der Waals surface area contributed by atoms with Crippen LogP contribution in [0, 0.1) is 23.0 Å². The molecule has 1 unspecified atom stereocenters. The molecule has 0 aliphatic heterocycles. The Labute approximate surface area is 100 Å². The standard InChI is InChI=1S/C12H17N3O2/c1-8-2-5-12(15(16)17)11(6-8)14-7-10(13)9-3-4-9/h2,5-6,9-10,14H,3-4,7,13H2,1H3. The summed E-state index contributed by atoms with van der Waals surface area (Å²) in [6.07, 6.45) is 2.36. The Morgan fingerprint density at radius 3 is 2.88 bits per heavy atom. The van der Waals surface area contributed by atoms with Crippen molar-refractivity contribution in [2.45, 2.75) is 25.8 Å². The highest BCUT2D eigenvalue weighted by atomic mass is 16.6. The zero-order valence-electron chi connectivity index (χ0n) is 9.85. The van der Waals surface area contributed by atoms with Gasteiger partial charge < -0.3 is 11.1 Å². The molecule has 0 heterocycles. The minimum Gasteiger partial charge on any atom is -0.378 e. The molecule has 1 fully saturated rings. The number of nitrogens with one attached hydrogen (secondary N) is 1. The molecule has 5 heteroatoms. The predicted octanol–water partition coefficient (Wildman–Crippen LogP) is 2.05. The van der Waals surface area contributed by atoms with E-state index in [9.17, 15) is 10.1 Å². The summed E-state index contributed by atoms with van der Waals surface area (Å²) in [6, 6.07) is 5.15. The average molecular weight is 235 g/mol. The molecule has 1 aliphatic rings. The molecule has 0 spiro atoms. The van der Waals surface area contributed by atoms with E-state index in [-0.39, 0.29) is 16.7 Å². The average Bonchev–Trinajstić information content (AvgIpc) is 3.09. The second kappa shape index (κ2) is 4.71. The fourth-order valence-corrected chi connectivity index (χ4v) is 1.87. The number of benzene rings is 1.